The Morgan fingerprint density at radius 1 is 1.03 bits per heavy atom. The van der Waals surface area contributed by atoms with E-state index < -0.39 is 23.0 Å². The Morgan fingerprint density at radius 3 is 2.42 bits per heavy atom. The van der Waals surface area contributed by atoms with Crippen molar-refractivity contribution in [2.45, 2.75) is 0 Å². The number of amides is 1. The molecule has 0 aliphatic heterocycles. The lowest BCUT2D eigenvalue weighted by atomic mass is 10.1. The van der Waals surface area contributed by atoms with Crippen LogP contribution < -0.4 is 10.7 Å². The van der Waals surface area contributed by atoms with Crippen molar-refractivity contribution in [2.24, 2.45) is 0 Å². The van der Waals surface area contributed by atoms with Crippen LogP contribution in [0.2, 0.25) is 15.1 Å². The van der Waals surface area contributed by atoms with E-state index in [9.17, 15) is 18.4 Å². The van der Waals surface area contributed by atoms with Crippen LogP contribution in [-0.4, -0.2) is 15.5 Å². The number of carbonyl (C=O) groups is 1. The van der Waals surface area contributed by atoms with Gasteiger partial charge < -0.3 is 5.32 Å². The maximum Gasteiger partial charge on any atom is 0.261 e. The molecule has 0 unspecified atom stereocenters. The average Bonchev–Trinajstić information content (AvgIpc) is 2.72. The van der Waals surface area contributed by atoms with E-state index in [0.717, 1.165) is 18.3 Å². The van der Waals surface area contributed by atoms with Crippen LogP contribution >= 0.6 is 34.8 Å². The molecule has 156 valence electrons. The van der Waals surface area contributed by atoms with Crippen LogP contribution in [0.4, 0.5) is 14.5 Å². The number of nitrogens with one attached hydrogen (secondary N) is 1. The molecule has 4 aromatic rings. The van der Waals surface area contributed by atoms with Crippen molar-refractivity contribution >= 4 is 57.4 Å². The van der Waals surface area contributed by atoms with Gasteiger partial charge >= 0.3 is 0 Å². The summed E-state index contributed by atoms with van der Waals surface area (Å²) in [6, 6.07) is 8.81. The number of fused-ring (bicyclic) bond motifs is 1. The summed E-state index contributed by atoms with van der Waals surface area (Å²) in [6.07, 6.45) is 2.38. The quantitative estimate of drug-likeness (QED) is 0.398. The number of pyridine rings is 2. The highest BCUT2D eigenvalue weighted by molar-refractivity contribution is 6.40. The van der Waals surface area contributed by atoms with Crippen molar-refractivity contribution in [1.29, 1.82) is 0 Å². The lowest BCUT2D eigenvalue weighted by Crippen LogP contribution is -2.24. The van der Waals surface area contributed by atoms with Crippen molar-refractivity contribution in [3.8, 4) is 5.69 Å². The third-order valence-corrected chi connectivity index (χ3v) is 5.26. The zero-order chi connectivity index (χ0) is 22.3. The zero-order valence-corrected chi connectivity index (χ0v) is 17.6. The minimum Gasteiger partial charge on any atom is -0.319 e. The summed E-state index contributed by atoms with van der Waals surface area (Å²) < 4.78 is 29.1. The molecule has 1 amide bonds. The Labute approximate surface area is 188 Å². The van der Waals surface area contributed by atoms with Crippen molar-refractivity contribution in [3.05, 3.63) is 97.3 Å². The molecular weight excluding hydrogens is 471 g/mol. The molecule has 0 atom stereocenters. The first-order valence-corrected chi connectivity index (χ1v) is 9.81. The van der Waals surface area contributed by atoms with Crippen LogP contribution in [0.3, 0.4) is 0 Å². The Hall–Kier alpha value is -3.00. The van der Waals surface area contributed by atoms with E-state index >= 15 is 0 Å². The third-order valence-electron chi connectivity index (χ3n) is 4.42. The predicted octanol–water partition coefficient (Wildman–Crippen LogP) is 5.88. The molecule has 0 aliphatic carbocycles. The Bertz CT molecular complexity index is 1400. The first-order chi connectivity index (χ1) is 14.8. The maximum atomic E-state index is 14.5. The fourth-order valence-electron chi connectivity index (χ4n) is 3.01. The fraction of sp³-hybridized carbons (Fsp3) is 0. The van der Waals surface area contributed by atoms with Crippen molar-refractivity contribution in [1.82, 2.24) is 9.55 Å². The lowest BCUT2D eigenvalue weighted by molar-refractivity contribution is 0.102. The Morgan fingerprint density at radius 2 is 1.74 bits per heavy atom. The molecule has 0 bridgehead atoms. The molecule has 0 spiro atoms. The van der Waals surface area contributed by atoms with Gasteiger partial charge in [-0.1, -0.05) is 40.9 Å². The highest BCUT2D eigenvalue weighted by Gasteiger charge is 2.20. The van der Waals surface area contributed by atoms with E-state index in [-0.39, 0.29) is 43.0 Å². The summed E-state index contributed by atoms with van der Waals surface area (Å²) in [5.41, 5.74) is -1.02. The average molecular weight is 481 g/mol. The van der Waals surface area contributed by atoms with E-state index in [0.29, 0.717) is 6.07 Å². The minimum atomic E-state index is -0.915. The molecule has 31 heavy (non-hydrogen) atoms. The largest absolute Gasteiger partial charge is 0.319 e. The van der Waals surface area contributed by atoms with Gasteiger partial charge in [0.1, 0.15) is 22.8 Å². The molecular formula is C21H10Cl3F2N3O2. The van der Waals surface area contributed by atoms with Gasteiger partial charge in [0.05, 0.1) is 31.8 Å². The Kier molecular flexibility index (Phi) is 5.66. The second kappa shape index (κ2) is 8.26. The molecule has 0 saturated carbocycles. The van der Waals surface area contributed by atoms with Crippen LogP contribution in [-0.2, 0) is 0 Å². The van der Waals surface area contributed by atoms with Crippen molar-refractivity contribution in [3.63, 3.8) is 0 Å². The molecule has 2 aromatic heterocycles. The molecule has 4 rings (SSSR count). The lowest BCUT2D eigenvalue weighted by Gasteiger charge is -2.14. The van der Waals surface area contributed by atoms with E-state index in [4.69, 9.17) is 34.8 Å². The number of nitrogens with zero attached hydrogens (tertiary/aromatic N) is 2. The van der Waals surface area contributed by atoms with Crippen LogP contribution in [0.5, 0.6) is 0 Å². The summed E-state index contributed by atoms with van der Waals surface area (Å²) in [7, 11) is 0. The molecule has 0 saturated heterocycles. The number of rotatable bonds is 3. The molecule has 0 aliphatic rings. The molecule has 5 nitrogen and oxygen atoms in total. The van der Waals surface area contributed by atoms with Gasteiger partial charge in [-0.3, -0.25) is 14.2 Å². The highest BCUT2D eigenvalue weighted by atomic mass is 35.5. The van der Waals surface area contributed by atoms with Gasteiger partial charge in [-0.2, -0.15) is 0 Å². The summed E-state index contributed by atoms with van der Waals surface area (Å²) in [5, 5.41) is 2.93. The smallest absolute Gasteiger partial charge is 0.261 e. The van der Waals surface area contributed by atoms with Gasteiger partial charge in [0, 0.05) is 18.5 Å². The molecule has 10 heteroatoms. The molecule has 2 aromatic carbocycles. The number of hydrogen-bond acceptors (Lipinski definition) is 3. The fourth-order valence-corrected chi connectivity index (χ4v) is 3.66. The second-order valence-electron chi connectivity index (χ2n) is 6.41. The van der Waals surface area contributed by atoms with Gasteiger partial charge in [-0.25, -0.2) is 13.8 Å². The maximum absolute atomic E-state index is 14.5. The summed E-state index contributed by atoms with van der Waals surface area (Å²) in [6.45, 7) is 0. The normalized spacial score (nSPS) is 11.0. The van der Waals surface area contributed by atoms with Gasteiger partial charge in [-0.05, 0) is 30.3 Å². The van der Waals surface area contributed by atoms with E-state index in [1.54, 1.807) is 6.07 Å². The van der Waals surface area contributed by atoms with Crippen molar-refractivity contribution < 1.29 is 13.6 Å². The standard InChI is InChI=1S/C21H10Cl3F2N3O2/c22-10-6-12-19(30)13(21(31)28-18-14(23)2-1-3-15(18)24)9-29(20(12)27-8-10)17-5-4-11(25)7-16(17)26/h1-9H,(H,28,31). The Balaban J connectivity index is 1.95. The number of hydrogen-bond donors (Lipinski definition) is 1. The first-order valence-electron chi connectivity index (χ1n) is 8.68. The third kappa shape index (κ3) is 3.99. The van der Waals surface area contributed by atoms with Gasteiger partial charge in [-0.15, -0.1) is 0 Å². The van der Waals surface area contributed by atoms with Crippen LogP contribution in [0.15, 0.2) is 59.7 Å². The summed E-state index contributed by atoms with van der Waals surface area (Å²) in [4.78, 5) is 30.0. The summed E-state index contributed by atoms with van der Waals surface area (Å²) in [5.74, 6) is -2.53. The number of anilines is 1. The van der Waals surface area contributed by atoms with Gasteiger partial charge in [0.15, 0.2) is 0 Å². The molecule has 2 heterocycles. The number of para-hydroxylation sites is 1. The predicted molar refractivity (Wildman–Crippen MR) is 117 cm³/mol. The van der Waals surface area contributed by atoms with Gasteiger partial charge in [0.25, 0.3) is 5.91 Å². The second-order valence-corrected chi connectivity index (χ2v) is 7.66. The minimum absolute atomic E-state index is 0.0332. The van der Waals surface area contributed by atoms with Crippen LogP contribution in [0, 0.1) is 11.6 Å². The monoisotopic (exact) mass is 479 g/mol. The SMILES string of the molecule is O=C(Nc1c(Cl)cccc1Cl)c1cn(-c2ccc(F)cc2F)c2ncc(Cl)cc2c1=O. The van der Waals surface area contributed by atoms with Crippen LogP contribution in [0.25, 0.3) is 16.7 Å². The highest BCUT2D eigenvalue weighted by Crippen LogP contribution is 2.30. The zero-order valence-electron chi connectivity index (χ0n) is 15.3. The number of aromatic nitrogens is 2. The van der Waals surface area contributed by atoms with E-state index in [1.165, 1.54) is 29.0 Å². The number of carbonyl (C=O) groups excluding carboxylic acids is 1. The molecule has 0 fully saturated rings. The number of halogens is 5. The first kappa shape index (κ1) is 21.2. The molecule has 1 N–H and O–H groups in total. The number of benzene rings is 2. The molecule has 0 radical (unpaired) electrons. The topological polar surface area (TPSA) is 64.0 Å². The van der Waals surface area contributed by atoms with E-state index in [2.05, 4.69) is 10.3 Å². The summed E-state index contributed by atoms with van der Waals surface area (Å²) >= 11 is 18.1. The van der Waals surface area contributed by atoms with Gasteiger partial charge in [0.2, 0.25) is 5.43 Å². The van der Waals surface area contributed by atoms with E-state index in [1.807, 2.05) is 0 Å². The van der Waals surface area contributed by atoms with Crippen molar-refractivity contribution in [2.75, 3.05) is 5.32 Å². The van der Waals surface area contributed by atoms with Crippen LogP contribution in [0.1, 0.15) is 10.4 Å².